The molecule has 2 unspecified atom stereocenters. The molecule has 1 saturated heterocycles. The second kappa shape index (κ2) is 9.00. The Kier molecular flexibility index (Phi) is 6.79. The number of carbonyl (C=O) groups is 1. The zero-order valence-corrected chi connectivity index (χ0v) is 18.1. The zero-order valence-electron chi connectivity index (χ0n) is 18.1. The molecule has 1 aromatic rings. The van der Waals surface area contributed by atoms with E-state index in [0.717, 1.165) is 30.8 Å². The molecule has 1 spiro atoms. The third kappa shape index (κ3) is 5.36. The van der Waals surface area contributed by atoms with Crippen molar-refractivity contribution in [3.63, 3.8) is 0 Å². The molecule has 3 rings (SSSR count). The van der Waals surface area contributed by atoms with Gasteiger partial charge in [0.15, 0.2) is 0 Å². The number of benzene rings is 1. The minimum atomic E-state index is -0.660. The summed E-state index contributed by atoms with van der Waals surface area (Å²) in [4.78, 5) is 17.7. The molecule has 7 nitrogen and oxygen atoms in total. The fourth-order valence-corrected chi connectivity index (χ4v) is 4.09. The molecule has 2 radical (unpaired) electrons. The van der Waals surface area contributed by atoms with E-state index in [-0.39, 0.29) is 6.61 Å². The van der Waals surface area contributed by atoms with Crippen LogP contribution in [0.4, 0.5) is 4.79 Å². The molecule has 8 heteroatoms. The summed E-state index contributed by atoms with van der Waals surface area (Å²) in [5.41, 5.74) is 2.14. The quantitative estimate of drug-likeness (QED) is 0.423. The average molecular weight is 414 g/mol. The fraction of sp³-hybridized carbons (Fsp3) is 0.591. The Morgan fingerprint density at radius 1 is 1.40 bits per heavy atom. The lowest BCUT2D eigenvalue weighted by Crippen LogP contribution is -2.60. The minimum absolute atomic E-state index is 0.154. The van der Waals surface area contributed by atoms with E-state index >= 15 is 0 Å². The largest absolute Gasteiger partial charge is 0.484 e. The van der Waals surface area contributed by atoms with E-state index in [1.807, 2.05) is 18.2 Å². The van der Waals surface area contributed by atoms with Crippen LogP contribution in [0.1, 0.15) is 45.6 Å². The van der Waals surface area contributed by atoms with Crippen LogP contribution < -0.4 is 21.0 Å². The van der Waals surface area contributed by atoms with E-state index in [2.05, 4.69) is 17.4 Å². The van der Waals surface area contributed by atoms with Crippen LogP contribution in [-0.4, -0.2) is 51.5 Å². The number of amides is 1. The van der Waals surface area contributed by atoms with Crippen molar-refractivity contribution in [1.29, 1.82) is 0 Å². The first-order valence-electron chi connectivity index (χ1n) is 10.3. The molecular formula is C22H31BN2O5. The SMILES string of the molecule is [B]c1ccc2c(c1)C(CONC(=O)OC(C)(C)C)(NCC=C)CC1(CCCOC1)O2. The summed E-state index contributed by atoms with van der Waals surface area (Å²) in [6.07, 6.45) is 3.53. The number of ether oxygens (including phenoxy) is 3. The molecule has 0 aromatic heterocycles. The van der Waals surface area contributed by atoms with Gasteiger partial charge in [-0.2, -0.15) is 5.48 Å². The molecular weight excluding hydrogens is 383 g/mol. The summed E-state index contributed by atoms with van der Waals surface area (Å²) in [6.45, 7) is 11.1. The molecule has 2 heterocycles. The number of hydrogen-bond donors (Lipinski definition) is 2. The number of hydrogen-bond acceptors (Lipinski definition) is 6. The van der Waals surface area contributed by atoms with Crippen LogP contribution in [0.5, 0.6) is 5.75 Å². The van der Waals surface area contributed by atoms with Gasteiger partial charge in [-0.05, 0) is 39.7 Å². The predicted molar refractivity (Wildman–Crippen MR) is 115 cm³/mol. The Hall–Kier alpha value is -2.03. The molecule has 1 amide bonds. The standard InChI is InChI=1S/C22H31BN2O5/c1-5-10-24-22(15-28-25-19(26)30-20(2,3)4)13-21(9-6-11-27-14-21)29-18-8-7-16(23)12-17(18)22/h5,7-8,12,24H,1,6,9-11,13-15H2,2-4H3,(H,25,26). The van der Waals surface area contributed by atoms with Crippen molar-refractivity contribution in [2.24, 2.45) is 0 Å². The first-order valence-corrected chi connectivity index (χ1v) is 10.3. The van der Waals surface area contributed by atoms with E-state index < -0.39 is 22.8 Å². The van der Waals surface area contributed by atoms with Crippen LogP contribution in [-0.2, 0) is 19.9 Å². The smallest absolute Gasteiger partial charge is 0.431 e. The Labute approximate surface area is 179 Å². The first-order chi connectivity index (χ1) is 14.2. The van der Waals surface area contributed by atoms with Gasteiger partial charge in [-0.25, -0.2) is 4.79 Å². The fourth-order valence-electron chi connectivity index (χ4n) is 4.09. The average Bonchev–Trinajstić information content (AvgIpc) is 2.66. The molecule has 30 heavy (non-hydrogen) atoms. The molecule has 2 N–H and O–H groups in total. The van der Waals surface area contributed by atoms with Crippen molar-refractivity contribution in [1.82, 2.24) is 10.8 Å². The van der Waals surface area contributed by atoms with E-state index in [9.17, 15) is 4.79 Å². The molecule has 0 aliphatic carbocycles. The second-order valence-corrected chi connectivity index (χ2v) is 9.02. The van der Waals surface area contributed by atoms with Gasteiger partial charge < -0.3 is 19.5 Å². The highest BCUT2D eigenvalue weighted by Crippen LogP contribution is 2.46. The monoisotopic (exact) mass is 414 g/mol. The zero-order chi connectivity index (χ0) is 21.8. The van der Waals surface area contributed by atoms with Crippen molar-refractivity contribution in [2.45, 2.75) is 56.8 Å². The van der Waals surface area contributed by atoms with Gasteiger partial charge >= 0.3 is 6.09 Å². The summed E-state index contributed by atoms with van der Waals surface area (Å²) in [6, 6.07) is 5.59. The summed E-state index contributed by atoms with van der Waals surface area (Å²) < 4.78 is 17.5. The maximum absolute atomic E-state index is 12.1. The van der Waals surface area contributed by atoms with Gasteiger partial charge in [-0.1, -0.05) is 23.7 Å². The van der Waals surface area contributed by atoms with E-state index in [1.165, 1.54) is 0 Å². The lowest BCUT2D eigenvalue weighted by atomic mass is 9.73. The van der Waals surface area contributed by atoms with Gasteiger partial charge in [0, 0.05) is 25.1 Å². The van der Waals surface area contributed by atoms with Gasteiger partial charge in [0.2, 0.25) is 0 Å². The van der Waals surface area contributed by atoms with Gasteiger partial charge in [0.1, 0.15) is 24.8 Å². The third-order valence-corrected chi connectivity index (χ3v) is 5.21. The van der Waals surface area contributed by atoms with Gasteiger partial charge in [0.25, 0.3) is 0 Å². The number of fused-ring (bicyclic) bond motifs is 1. The summed E-state index contributed by atoms with van der Waals surface area (Å²) in [5, 5.41) is 3.54. The van der Waals surface area contributed by atoms with Crippen LogP contribution in [0.2, 0.25) is 0 Å². The summed E-state index contributed by atoms with van der Waals surface area (Å²) in [7, 11) is 6.09. The molecule has 2 aliphatic rings. The summed E-state index contributed by atoms with van der Waals surface area (Å²) >= 11 is 0. The maximum Gasteiger partial charge on any atom is 0.431 e. The molecule has 2 aliphatic heterocycles. The van der Waals surface area contributed by atoms with E-state index in [0.29, 0.717) is 25.0 Å². The highest BCUT2D eigenvalue weighted by atomic mass is 16.7. The lowest BCUT2D eigenvalue weighted by Gasteiger charge is -2.50. The first kappa shape index (κ1) is 22.7. The Bertz CT molecular complexity index is 773. The Morgan fingerprint density at radius 2 is 2.20 bits per heavy atom. The van der Waals surface area contributed by atoms with Crippen LogP contribution in [0.3, 0.4) is 0 Å². The van der Waals surface area contributed by atoms with Crippen LogP contribution in [0.25, 0.3) is 0 Å². The maximum atomic E-state index is 12.1. The second-order valence-electron chi connectivity index (χ2n) is 9.02. The van der Waals surface area contributed by atoms with Crippen molar-refractivity contribution in [3.05, 3.63) is 36.4 Å². The van der Waals surface area contributed by atoms with Crippen molar-refractivity contribution < 1.29 is 23.8 Å². The van der Waals surface area contributed by atoms with Gasteiger partial charge in [-0.3, -0.25) is 4.84 Å². The van der Waals surface area contributed by atoms with Crippen molar-refractivity contribution in [2.75, 3.05) is 26.4 Å². The van der Waals surface area contributed by atoms with Crippen LogP contribution >= 0.6 is 0 Å². The third-order valence-electron chi connectivity index (χ3n) is 5.21. The van der Waals surface area contributed by atoms with Crippen molar-refractivity contribution in [3.8, 4) is 5.75 Å². The van der Waals surface area contributed by atoms with Gasteiger partial charge in [-0.15, -0.1) is 6.58 Å². The highest BCUT2D eigenvalue weighted by molar-refractivity contribution is 6.32. The van der Waals surface area contributed by atoms with E-state index in [4.69, 9.17) is 26.9 Å². The van der Waals surface area contributed by atoms with Gasteiger partial charge in [0.05, 0.1) is 18.8 Å². The van der Waals surface area contributed by atoms with Crippen LogP contribution in [0, 0.1) is 0 Å². The number of nitrogens with one attached hydrogen (secondary N) is 2. The molecule has 0 saturated carbocycles. The summed E-state index contributed by atoms with van der Waals surface area (Å²) in [5.74, 6) is 0.735. The predicted octanol–water partition coefficient (Wildman–Crippen LogP) is 2.24. The number of rotatable bonds is 6. The minimum Gasteiger partial charge on any atom is -0.484 e. The highest BCUT2D eigenvalue weighted by Gasteiger charge is 2.50. The molecule has 1 fully saturated rings. The normalized spacial score (nSPS) is 25.8. The molecule has 0 bridgehead atoms. The Morgan fingerprint density at radius 3 is 2.87 bits per heavy atom. The lowest BCUT2D eigenvalue weighted by molar-refractivity contribution is -0.113. The topological polar surface area (TPSA) is 78.1 Å². The molecule has 1 aromatic carbocycles. The molecule has 162 valence electrons. The number of hydroxylamine groups is 1. The Balaban J connectivity index is 1.88. The van der Waals surface area contributed by atoms with Crippen LogP contribution in [0.15, 0.2) is 30.9 Å². The molecule has 2 atom stereocenters. The van der Waals surface area contributed by atoms with Crippen molar-refractivity contribution >= 4 is 19.4 Å². The number of carbonyl (C=O) groups excluding carboxylic acids is 1. The van der Waals surface area contributed by atoms with E-state index in [1.54, 1.807) is 26.8 Å².